The third-order valence-electron chi connectivity index (χ3n) is 2.76. The lowest BCUT2D eigenvalue weighted by Gasteiger charge is -2.26. The van der Waals surface area contributed by atoms with Gasteiger partial charge in [0.05, 0.1) is 0 Å². The Morgan fingerprint density at radius 3 is 2.31 bits per heavy atom. The van der Waals surface area contributed by atoms with E-state index in [0.29, 0.717) is 12.5 Å². The fourth-order valence-electron chi connectivity index (χ4n) is 1.96. The van der Waals surface area contributed by atoms with Gasteiger partial charge in [-0.1, -0.05) is 12.8 Å². The van der Waals surface area contributed by atoms with Crippen LogP contribution in [-0.4, -0.2) is 29.9 Å². The predicted octanol–water partition coefficient (Wildman–Crippen LogP) is 1.13. The van der Waals surface area contributed by atoms with Crippen LogP contribution >= 0.6 is 0 Å². The summed E-state index contributed by atoms with van der Waals surface area (Å²) < 4.78 is 0. The molecule has 1 saturated heterocycles. The molecule has 76 valence electrons. The van der Waals surface area contributed by atoms with Gasteiger partial charge in [0.25, 0.3) is 0 Å². The highest BCUT2D eigenvalue weighted by atomic mass is 16.1. The van der Waals surface area contributed by atoms with Gasteiger partial charge < -0.3 is 10.6 Å². The number of primary amides is 1. The van der Waals surface area contributed by atoms with Crippen LogP contribution in [0.25, 0.3) is 0 Å². The number of amides is 1. The molecule has 0 aromatic rings. The van der Waals surface area contributed by atoms with Gasteiger partial charge in [0, 0.05) is 12.5 Å². The Balaban J connectivity index is 2.34. The lowest BCUT2D eigenvalue weighted by atomic mass is 10.2. The van der Waals surface area contributed by atoms with E-state index < -0.39 is 0 Å². The minimum atomic E-state index is -0.184. The molecule has 0 radical (unpaired) electrons. The van der Waals surface area contributed by atoms with E-state index in [1.807, 2.05) is 0 Å². The molecule has 13 heavy (non-hydrogen) atoms. The average Bonchev–Trinajstić information content (AvgIpc) is 2.29. The number of hydrogen-bond donors (Lipinski definition) is 1. The Kier molecular flexibility index (Phi) is 4.22. The number of carbonyl (C=O) groups is 1. The smallest absolute Gasteiger partial charge is 0.218 e. The molecule has 3 nitrogen and oxygen atoms in total. The number of hydrogen-bond acceptors (Lipinski definition) is 2. The van der Waals surface area contributed by atoms with Crippen molar-refractivity contribution in [2.24, 2.45) is 5.73 Å². The molecule has 1 amide bonds. The number of carbonyl (C=O) groups excluding carboxylic acids is 1. The van der Waals surface area contributed by atoms with Crippen molar-refractivity contribution in [2.45, 2.75) is 45.1 Å². The van der Waals surface area contributed by atoms with E-state index in [1.165, 1.54) is 25.7 Å². The molecule has 1 rings (SSSR count). The zero-order chi connectivity index (χ0) is 9.68. The second kappa shape index (κ2) is 5.22. The fraction of sp³-hybridized carbons (Fsp3) is 0.900. The van der Waals surface area contributed by atoms with Crippen LogP contribution in [0.1, 0.15) is 39.0 Å². The third-order valence-corrected chi connectivity index (χ3v) is 2.76. The van der Waals surface area contributed by atoms with Gasteiger partial charge in [0.2, 0.25) is 5.91 Å². The predicted molar refractivity (Wildman–Crippen MR) is 53.3 cm³/mol. The summed E-state index contributed by atoms with van der Waals surface area (Å²) in [6, 6.07) is 0.329. The normalized spacial score (nSPS) is 22.2. The van der Waals surface area contributed by atoms with Gasteiger partial charge in [0.1, 0.15) is 0 Å². The standard InChI is InChI=1S/C10H20N2O/c1-9(8-10(11)13)12-6-4-2-3-5-7-12/h9H,2-8H2,1H3,(H2,11,13). The molecule has 0 spiro atoms. The number of nitrogens with zero attached hydrogens (tertiary/aromatic N) is 1. The molecule has 1 atom stereocenters. The van der Waals surface area contributed by atoms with Crippen LogP contribution in [0.4, 0.5) is 0 Å². The van der Waals surface area contributed by atoms with Crippen molar-refractivity contribution in [2.75, 3.05) is 13.1 Å². The topological polar surface area (TPSA) is 46.3 Å². The first-order valence-electron chi connectivity index (χ1n) is 5.22. The fourth-order valence-corrected chi connectivity index (χ4v) is 1.96. The highest BCUT2D eigenvalue weighted by molar-refractivity contribution is 5.74. The van der Waals surface area contributed by atoms with E-state index in [9.17, 15) is 4.79 Å². The van der Waals surface area contributed by atoms with Crippen LogP contribution in [0.5, 0.6) is 0 Å². The first-order valence-corrected chi connectivity index (χ1v) is 5.22. The van der Waals surface area contributed by atoms with Crippen molar-refractivity contribution in [1.29, 1.82) is 0 Å². The van der Waals surface area contributed by atoms with Crippen molar-refractivity contribution in [3.63, 3.8) is 0 Å². The van der Waals surface area contributed by atoms with Crippen molar-refractivity contribution >= 4 is 5.91 Å². The van der Waals surface area contributed by atoms with E-state index in [-0.39, 0.29) is 5.91 Å². The molecule has 1 unspecified atom stereocenters. The first kappa shape index (κ1) is 10.5. The molecule has 0 aromatic heterocycles. The number of rotatable bonds is 3. The van der Waals surface area contributed by atoms with Gasteiger partial charge in [-0.2, -0.15) is 0 Å². The maximum absolute atomic E-state index is 10.7. The van der Waals surface area contributed by atoms with Crippen molar-refractivity contribution < 1.29 is 4.79 Å². The summed E-state index contributed by atoms with van der Waals surface area (Å²) in [6.07, 6.45) is 5.70. The Hall–Kier alpha value is -0.570. The van der Waals surface area contributed by atoms with Crippen LogP contribution in [-0.2, 0) is 4.79 Å². The van der Waals surface area contributed by atoms with Gasteiger partial charge >= 0.3 is 0 Å². The largest absolute Gasteiger partial charge is 0.370 e. The number of nitrogens with two attached hydrogens (primary N) is 1. The summed E-state index contributed by atoms with van der Waals surface area (Å²) >= 11 is 0. The molecule has 2 N–H and O–H groups in total. The molecule has 0 aromatic carbocycles. The molecule has 0 saturated carbocycles. The summed E-state index contributed by atoms with van der Waals surface area (Å²) in [5.41, 5.74) is 5.17. The summed E-state index contributed by atoms with van der Waals surface area (Å²) in [5, 5.41) is 0. The molecule has 1 aliphatic rings. The Labute approximate surface area is 80.3 Å². The first-order chi connectivity index (χ1) is 6.20. The van der Waals surface area contributed by atoms with Gasteiger partial charge in [-0.15, -0.1) is 0 Å². The summed E-state index contributed by atoms with van der Waals surface area (Å²) in [4.78, 5) is 13.1. The summed E-state index contributed by atoms with van der Waals surface area (Å²) in [5.74, 6) is -0.184. The molecule has 3 heteroatoms. The highest BCUT2D eigenvalue weighted by Gasteiger charge is 2.16. The van der Waals surface area contributed by atoms with Gasteiger partial charge in [0.15, 0.2) is 0 Å². The molecular formula is C10H20N2O. The Bertz CT molecular complexity index is 162. The van der Waals surface area contributed by atoms with E-state index in [2.05, 4.69) is 11.8 Å². The van der Waals surface area contributed by atoms with Crippen molar-refractivity contribution in [1.82, 2.24) is 4.90 Å². The van der Waals surface area contributed by atoms with E-state index in [1.54, 1.807) is 0 Å². The maximum Gasteiger partial charge on any atom is 0.218 e. The second-order valence-electron chi connectivity index (χ2n) is 3.97. The minimum absolute atomic E-state index is 0.184. The molecule has 1 heterocycles. The minimum Gasteiger partial charge on any atom is -0.370 e. The molecular weight excluding hydrogens is 164 g/mol. The zero-order valence-electron chi connectivity index (χ0n) is 8.46. The second-order valence-corrected chi connectivity index (χ2v) is 3.97. The maximum atomic E-state index is 10.7. The van der Waals surface area contributed by atoms with E-state index in [0.717, 1.165) is 13.1 Å². The van der Waals surface area contributed by atoms with E-state index in [4.69, 9.17) is 5.73 Å². The van der Waals surface area contributed by atoms with Gasteiger partial charge in [-0.3, -0.25) is 4.79 Å². The Morgan fingerprint density at radius 2 is 1.85 bits per heavy atom. The van der Waals surface area contributed by atoms with Crippen LogP contribution < -0.4 is 5.73 Å². The van der Waals surface area contributed by atoms with Crippen molar-refractivity contribution in [3.05, 3.63) is 0 Å². The number of likely N-dealkylation sites (tertiary alicyclic amines) is 1. The van der Waals surface area contributed by atoms with Crippen LogP contribution in [0.2, 0.25) is 0 Å². The molecule has 1 aliphatic heterocycles. The molecule has 0 aliphatic carbocycles. The third kappa shape index (κ3) is 3.77. The van der Waals surface area contributed by atoms with Gasteiger partial charge in [-0.25, -0.2) is 0 Å². The van der Waals surface area contributed by atoms with E-state index >= 15 is 0 Å². The van der Waals surface area contributed by atoms with Crippen LogP contribution in [0, 0.1) is 0 Å². The van der Waals surface area contributed by atoms with Crippen molar-refractivity contribution in [3.8, 4) is 0 Å². The highest BCUT2D eigenvalue weighted by Crippen LogP contribution is 2.13. The van der Waals surface area contributed by atoms with Gasteiger partial charge in [-0.05, 0) is 32.9 Å². The molecule has 0 bridgehead atoms. The SMILES string of the molecule is CC(CC(N)=O)N1CCCCCC1. The summed E-state index contributed by atoms with van der Waals surface area (Å²) in [6.45, 7) is 4.36. The Morgan fingerprint density at radius 1 is 1.31 bits per heavy atom. The summed E-state index contributed by atoms with van der Waals surface area (Å²) in [7, 11) is 0. The van der Waals surface area contributed by atoms with Crippen LogP contribution in [0.3, 0.4) is 0 Å². The quantitative estimate of drug-likeness (QED) is 0.714. The van der Waals surface area contributed by atoms with Crippen LogP contribution in [0.15, 0.2) is 0 Å². The lowest BCUT2D eigenvalue weighted by molar-refractivity contribution is -0.119. The lowest BCUT2D eigenvalue weighted by Crippen LogP contribution is -2.36. The zero-order valence-corrected chi connectivity index (χ0v) is 8.46. The molecule has 1 fully saturated rings. The average molecular weight is 184 g/mol. The monoisotopic (exact) mass is 184 g/mol.